The van der Waals surface area contributed by atoms with E-state index in [0.29, 0.717) is 25.6 Å². The zero-order valence-electron chi connectivity index (χ0n) is 13.5. The van der Waals surface area contributed by atoms with Gasteiger partial charge < -0.3 is 15.6 Å². The average molecular weight is 294 g/mol. The number of aliphatic hydroxyl groups is 1. The van der Waals surface area contributed by atoms with Crippen LogP contribution in [0.4, 0.5) is 0 Å². The zero-order chi connectivity index (χ0) is 15.7. The Labute approximate surface area is 128 Å². The third-order valence-electron chi connectivity index (χ3n) is 4.03. The van der Waals surface area contributed by atoms with Crippen molar-refractivity contribution in [3.63, 3.8) is 0 Å². The monoisotopic (exact) mass is 294 g/mol. The lowest BCUT2D eigenvalue weighted by molar-refractivity contribution is 0.0546. The molecule has 3 unspecified atom stereocenters. The van der Waals surface area contributed by atoms with E-state index in [9.17, 15) is 5.11 Å². The predicted octanol–water partition coefficient (Wildman–Crippen LogP) is 1.66. The van der Waals surface area contributed by atoms with Gasteiger partial charge in [0.05, 0.1) is 12.7 Å². The molecule has 0 amide bonds. The molecule has 0 aliphatic carbocycles. The van der Waals surface area contributed by atoms with Gasteiger partial charge in [0.2, 0.25) is 0 Å². The normalized spacial score (nSPS) is 15.9. The third kappa shape index (κ3) is 6.57. The Hall–Kier alpha value is -0.940. The Morgan fingerprint density at radius 2 is 1.95 bits per heavy atom. The first-order chi connectivity index (χ1) is 10.1. The summed E-state index contributed by atoms with van der Waals surface area (Å²) in [5.74, 6) is 0. The first-order valence-electron chi connectivity index (χ1n) is 7.79. The Kier molecular flexibility index (Phi) is 8.54. The van der Waals surface area contributed by atoms with Gasteiger partial charge in [-0.25, -0.2) is 0 Å². The van der Waals surface area contributed by atoms with E-state index >= 15 is 0 Å². The van der Waals surface area contributed by atoms with Crippen molar-refractivity contribution in [2.45, 2.75) is 44.9 Å². The quantitative estimate of drug-likeness (QED) is 0.689. The standard InChI is InChI=1S/C17H30N2O2/c1-4-14(2)19(10-11-21-3)13-17(20)16(18)12-15-8-6-5-7-9-15/h5-9,14,16-17,20H,4,10-13,18H2,1-3H3. The maximum absolute atomic E-state index is 10.4. The number of nitrogens with two attached hydrogens (primary N) is 1. The van der Waals surface area contributed by atoms with Gasteiger partial charge in [0, 0.05) is 32.3 Å². The van der Waals surface area contributed by atoms with Crippen LogP contribution in [0.5, 0.6) is 0 Å². The fourth-order valence-electron chi connectivity index (χ4n) is 2.36. The lowest BCUT2D eigenvalue weighted by atomic mass is 10.0. The maximum atomic E-state index is 10.4. The molecule has 1 rings (SSSR count). The van der Waals surface area contributed by atoms with Crippen LogP contribution in [0.1, 0.15) is 25.8 Å². The summed E-state index contributed by atoms with van der Waals surface area (Å²) in [5, 5.41) is 10.4. The van der Waals surface area contributed by atoms with Crippen LogP contribution in [-0.4, -0.2) is 55.0 Å². The second kappa shape index (κ2) is 9.90. The maximum Gasteiger partial charge on any atom is 0.0821 e. The van der Waals surface area contributed by atoms with Gasteiger partial charge >= 0.3 is 0 Å². The molecule has 0 fully saturated rings. The summed E-state index contributed by atoms with van der Waals surface area (Å²) < 4.78 is 5.15. The molecule has 0 saturated heterocycles. The van der Waals surface area contributed by atoms with E-state index in [0.717, 1.165) is 18.5 Å². The van der Waals surface area contributed by atoms with E-state index < -0.39 is 6.10 Å². The molecule has 4 nitrogen and oxygen atoms in total. The summed E-state index contributed by atoms with van der Waals surface area (Å²) in [6, 6.07) is 10.2. The number of hydrogen-bond donors (Lipinski definition) is 2. The molecule has 1 aromatic carbocycles. The van der Waals surface area contributed by atoms with Crippen LogP contribution >= 0.6 is 0 Å². The third-order valence-corrected chi connectivity index (χ3v) is 4.03. The number of rotatable bonds is 10. The Morgan fingerprint density at radius 3 is 2.52 bits per heavy atom. The highest BCUT2D eigenvalue weighted by Gasteiger charge is 2.21. The second-order valence-electron chi connectivity index (χ2n) is 5.67. The fourth-order valence-corrected chi connectivity index (χ4v) is 2.36. The van der Waals surface area contributed by atoms with Crippen molar-refractivity contribution in [2.24, 2.45) is 5.73 Å². The van der Waals surface area contributed by atoms with Gasteiger partial charge in [-0.15, -0.1) is 0 Å². The summed E-state index contributed by atoms with van der Waals surface area (Å²) in [7, 11) is 1.70. The largest absolute Gasteiger partial charge is 0.390 e. The molecular formula is C17H30N2O2. The summed E-state index contributed by atoms with van der Waals surface area (Å²) in [6.07, 6.45) is 1.21. The number of benzene rings is 1. The topological polar surface area (TPSA) is 58.7 Å². The van der Waals surface area contributed by atoms with Crippen molar-refractivity contribution >= 4 is 0 Å². The number of hydrogen-bond acceptors (Lipinski definition) is 4. The van der Waals surface area contributed by atoms with Crippen LogP contribution in [0.15, 0.2) is 30.3 Å². The van der Waals surface area contributed by atoms with Gasteiger partial charge in [-0.3, -0.25) is 4.90 Å². The molecule has 120 valence electrons. The number of aliphatic hydroxyl groups excluding tert-OH is 1. The van der Waals surface area contributed by atoms with Crippen LogP contribution in [0.2, 0.25) is 0 Å². The summed E-state index contributed by atoms with van der Waals surface area (Å²) in [6.45, 7) is 6.41. The van der Waals surface area contributed by atoms with Crippen molar-refractivity contribution in [1.29, 1.82) is 0 Å². The van der Waals surface area contributed by atoms with Crippen LogP contribution in [0, 0.1) is 0 Å². The highest BCUT2D eigenvalue weighted by atomic mass is 16.5. The van der Waals surface area contributed by atoms with Crippen molar-refractivity contribution in [1.82, 2.24) is 4.90 Å². The molecule has 0 heterocycles. The van der Waals surface area contributed by atoms with E-state index in [-0.39, 0.29) is 6.04 Å². The van der Waals surface area contributed by atoms with Gasteiger partial charge in [-0.1, -0.05) is 37.3 Å². The van der Waals surface area contributed by atoms with Crippen molar-refractivity contribution < 1.29 is 9.84 Å². The first-order valence-corrected chi connectivity index (χ1v) is 7.79. The molecule has 21 heavy (non-hydrogen) atoms. The molecule has 0 radical (unpaired) electrons. The molecular weight excluding hydrogens is 264 g/mol. The molecule has 4 heteroatoms. The summed E-state index contributed by atoms with van der Waals surface area (Å²) >= 11 is 0. The average Bonchev–Trinajstić information content (AvgIpc) is 2.51. The molecule has 0 aromatic heterocycles. The minimum absolute atomic E-state index is 0.249. The Balaban J connectivity index is 2.52. The molecule has 0 spiro atoms. The molecule has 3 atom stereocenters. The zero-order valence-corrected chi connectivity index (χ0v) is 13.5. The van der Waals surface area contributed by atoms with Crippen molar-refractivity contribution in [2.75, 3.05) is 26.8 Å². The van der Waals surface area contributed by atoms with Crippen molar-refractivity contribution in [3.05, 3.63) is 35.9 Å². The number of methoxy groups -OCH3 is 1. The lowest BCUT2D eigenvalue weighted by Gasteiger charge is -2.32. The van der Waals surface area contributed by atoms with Crippen LogP contribution < -0.4 is 5.73 Å². The Bertz CT molecular complexity index is 372. The first kappa shape index (κ1) is 18.1. The van der Waals surface area contributed by atoms with Gasteiger partial charge in [-0.2, -0.15) is 0 Å². The van der Waals surface area contributed by atoms with Crippen LogP contribution in [-0.2, 0) is 11.2 Å². The van der Waals surface area contributed by atoms with Crippen molar-refractivity contribution in [3.8, 4) is 0 Å². The minimum atomic E-state index is -0.531. The van der Waals surface area contributed by atoms with Gasteiger partial charge in [-0.05, 0) is 25.3 Å². The van der Waals surface area contributed by atoms with Crippen LogP contribution in [0.3, 0.4) is 0 Å². The lowest BCUT2D eigenvalue weighted by Crippen LogP contribution is -2.48. The van der Waals surface area contributed by atoms with Crippen LogP contribution in [0.25, 0.3) is 0 Å². The van der Waals surface area contributed by atoms with Gasteiger partial charge in [0.1, 0.15) is 0 Å². The summed E-state index contributed by atoms with van der Waals surface area (Å²) in [4.78, 5) is 2.25. The molecule has 0 saturated carbocycles. The van der Waals surface area contributed by atoms with E-state index in [4.69, 9.17) is 10.5 Å². The Morgan fingerprint density at radius 1 is 1.29 bits per heavy atom. The van der Waals surface area contributed by atoms with E-state index in [1.807, 2.05) is 30.3 Å². The van der Waals surface area contributed by atoms with Gasteiger partial charge in [0.25, 0.3) is 0 Å². The number of ether oxygens (including phenoxy) is 1. The smallest absolute Gasteiger partial charge is 0.0821 e. The van der Waals surface area contributed by atoms with E-state index in [2.05, 4.69) is 18.7 Å². The highest BCUT2D eigenvalue weighted by Crippen LogP contribution is 2.09. The molecule has 1 aromatic rings. The van der Waals surface area contributed by atoms with Gasteiger partial charge in [0.15, 0.2) is 0 Å². The molecule has 0 aliphatic heterocycles. The minimum Gasteiger partial charge on any atom is -0.390 e. The number of nitrogens with zero attached hydrogens (tertiary/aromatic N) is 1. The summed E-state index contributed by atoms with van der Waals surface area (Å²) in [5.41, 5.74) is 7.32. The SMILES string of the molecule is CCC(C)N(CCOC)CC(O)C(N)Cc1ccccc1. The fraction of sp³-hybridized carbons (Fsp3) is 0.647. The van der Waals surface area contributed by atoms with E-state index in [1.54, 1.807) is 7.11 Å². The second-order valence-corrected chi connectivity index (χ2v) is 5.67. The molecule has 0 bridgehead atoms. The molecule has 3 N–H and O–H groups in total. The van der Waals surface area contributed by atoms with E-state index in [1.165, 1.54) is 0 Å². The predicted molar refractivity (Wildman–Crippen MR) is 87.3 cm³/mol. The molecule has 0 aliphatic rings. The highest BCUT2D eigenvalue weighted by molar-refractivity contribution is 5.16.